The molecule has 82 valence electrons. The Morgan fingerprint density at radius 1 is 1.33 bits per heavy atom. The molecule has 1 N–H and O–H groups in total. The van der Waals surface area contributed by atoms with Crippen LogP contribution in [0, 0.1) is 11.7 Å². The minimum absolute atomic E-state index is 0.221. The van der Waals surface area contributed by atoms with Gasteiger partial charge in [-0.1, -0.05) is 0 Å². The molecule has 0 bridgehead atoms. The van der Waals surface area contributed by atoms with E-state index in [-0.39, 0.29) is 5.82 Å². The molecule has 0 amide bonds. The summed E-state index contributed by atoms with van der Waals surface area (Å²) < 4.78 is 18.2. The average Bonchev–Trinajstić information content (AvgIpc) is 2.30. The molecule has 0 spiro atoms. The molecule has 1 heterocycles. The Hall–Kier alpha value is -1.09. The van der Waals surface area contributed by atoms with E-state index < -0.39 is 0 Å². The number of piperidine rings is 1. The Morgan fingerprint density at radius 2 is 2.13 bits per heavy atom. The molecule has 1 fully saturated rings. The van der Waals surface area contributed by atoms with E-state index in [1.54, 1.807) is 12.1 Å². The third kappa shape index (κ3) is 3.20. The highest BCUT2D eigenvalue weighted by atomic mass is 19.1. The number of halogens is 1. The summed E-state index contributed by atoms with van der Waals surface area (Å²) in [5.74, 6) is 1.12. The quantitative estimate of drug-likeness (QED) is 0.824. The summed E-state index contributed by atoms with van der Waals surface area (Å²) in [5.41, 5.74) is 0. The van der Waals surface area contributed by atoms with Crippen molar-refractivity contribution in [2.75, 3.05) is 19.7 Å². The van der Waals surface area contributed by atoms with Gasteiger partial charge in [0.25, 0.3) is 0 Å². The molecule has 1 aromatic carbocycles. The predicted octanol–water partition coefficient (Wildman–Crippen LogP) is 2.20. The fourth-order valence-corrected chi connectivity index (χ4v) is 1.81. The van der Waals surface area contributed by atoms with Crippen LogP contribution in [0.3, 0.4) is 0 Å². The SMILES string of the molecule is Fc1ccc(OC[C@@H]2CCCNC2)cc1. The maximum Gasteiger partial charge on any atom is 0.123 e. The Balaban J connectivity index is 1.79. The second kappa shape index (κ2) is 5.12. The van der Waals surface area contributed by atoms with Crippen molar-refractivity contribution in [2.24, 2.45) is 5.92 Å². The number of benzene rings is 1. The van der Waals surface area contributed by atoms with Gasteiger partial charge in [0.15, 0.2) is 0 Å². The first-order valence-electron chi connectivity index (χ1n) is 5.44. The summed E-state index contributed by atoms with van der Waals surface area (Å²) in [4.78, 5) is 0. The zero-order valence-electron chi connectivity index (χ0n) is 8.71. The highest BCUT2D eigenvalue weighted by molar-refractivity contribution is 5.22. The second-order valence-corrected chi connectivity index (χ2v) is 3.98. The van der Waals surface area contributed by atoms with E-state index >= 15 is 0 Å². The second-order valence-electron chi connectivity index (χ2n) is 3.98. The van der Waals surface area contributed by atoms with Crippen LogP contribution >= 0.6 is 0 Å². The van der Waals surface area contributed by atoms with Crippen molar-refractivity contribution in [2.45, 2.75) is 12.8 Å². The molecule has 1 saturated heterocycles. The van der Waals surface area contributed by atoms with Crippen molar-refractivity contribution in [1.29, 1.82) is 0 Å². The van der Waals surface area contributed by atoms with Gasteiger partial charge in [-0.3, -0.25) is 0 Å². The van der Waals surface area contributed by atoms with Gasteiger partial charge in [0.2, 0.25) is 0 Å². The van der Waals surface area contributed by atoms with Crippen LogP contribution in [0.15, 0.2) is 24.3 Å². The maximum absolute atomic E-state index is 12.6. The van der Waals surface area contributed by atoms with E-state index in [0.29, 0.717) is 5.92 Å². The smallest absolute Gasteiger partial charge is 0.123 e. The Labute approximate surface area is 89.4 Å². The Bertz CT molecular complexity index is 293. The van der Waals surface area contributed by atoms with E-state index in [0.717, 1.165) is 25.4 Å². The van der Waals surface area contributed by atoms with Crippen LogP contribution in [0.4, 0.5) is 4.39 Å². The first-order chi connectivity index (χ1) is 7.34. The molecule has 1 aliphatic heterocycles. The molecule has 0 aliphatic carbocycles. The molecule has 0 unspecified atom stereocenters. The highest BCUT2D eigenvalue weighted by Crippen LogP contribution is 2.15. The van der Waals surface area contributed by atoms with Crippen LogP contribution in [-0.2, 0) is 0 Å². The maximum atomic E-state index is 12.6. The summed E-state index contributed by atoms with van der Waals surface area (Å²) >= 11 is 0. The summed E-state index contributed by atoms with van der Waals surface area (Å²) in [7, 11) is 0. The number of hydrogen-bond donors (Lipinski definition) is 1. The van der Waals surface area contributed by atoms with Crippen molar-refractivity contribution in [1.82, 2.24) is 5.32 Å². The van der Waals surface area contributed by atoms with Gasteiger partial charge >= 0.3 is 0 Å². The number of nitrogens with one attached hydrogen (secondary N) is 1. The van der Waals surface area contributed by atoms with Gasteiger partial charge in [0.05, 0.1) is 6.61 Å². The largest absolute Gasteiger partial charge is 0.493 e. The van der Waals surface area contributed by atoms with E-state index in [4.69, 9.17) is 4.74 Å². The standard InChI is InChI=1S/C12H16FNO/c13-11-3-5-12(6-4-11)15-9-10-2-1-7-14-8-10/h3-6,10,14H,1-2,7-9H2/t10-/m1/s1. The Kier molecular flexibility index (Phi) is 3.56. The normalized spacial score (nSPS) is 21.3. The predicted molar refractivity (Wildman–Crippen MR) is 57.5 cm³/mol. The average molecular weight is 209 g/mol. The fourth-order valence-electron chi connectivity index (χ4n) is 1.81. The molecule has 2 rings (SSSR count). The molecule has 1 atom stereocenters. The zero-order valence-corrected chi connectivity index (χ0v) is 8.71. The van der Waals surface area contributed by atoms with E-state index in [1.165, 1.54) is 25.0 Å². The van der Waals surface area contributed by atoms with E-state index in [9.17, 15) is 4.39 Å². The van der Waals surface area contributed by atoms with Gasteiger partial charge in [0, 0.05) is 12.5 Å². The van der Waals surface area contributed by atoms with Crippen LogP contribution in [-0.4, -0.2) is 19.7 Å². The van der Waals surface area contributed by atoms with Crippen LogP contribution in [0.2, 0.25) is 0 Å². The Morgan fingerprint density at radius 3 is 2.80 bits per heavy atom. The van der Waals surface area contributed by atoms with Crippen molar-refractivity contribution in [3.8, 4) is 5.75 Å². The molecule has 1 aromatic rings. The van der Waals surface area contributed by atoms with Gasteiger partial charge in [-0.15, -0.1) is 0 Å². The van der Waals surface area contributed by atoms with Crippen molar-refractivity contribution < 1.29 is 9.13 Å². The lowest BCUT2D eigenvalue weighted by Crippen LogP contribution is -2.33. The summed E-state index contributed by atoms with van der Waals surface area (Å²) in [6.45, 7) is 2.87. The lowest BCUT2D eigenvalue weighted by atomic mass is 10.0. The lowest BCUT2D eigenvalue weighted by molar-refractivity contribution is 0.218. The van der Waals surface area contributed by atoms with Crippen molar-refractivity contribution in [3.05, 3.63) is 30.1 Å². The number of ether oxygens (including phenoxy) is 1. The first kappa shape index (κ1) is 10.4. The molecular formula is C12H16FNO. The summed E-state index contributed by atoms with van der Waals surface area (Å²) in [6.07, 6.45) is 2.44. The third-order valence-corrected chi connectivity index (χ3v) is 2.70. The minimum Gasteiger partial charge on any atom is -0.493 e. The fraction of sp³-hybridized carbons (Fsp3) is 0.500. The molecule has 3 heteroatoms. The molecule has 15 heavy (non-hydrogen) atoms. The van der Waals surface area contributed by atoms with Crippen LogP contribution in [0.5, 0.6) is 5.75 Å². The number of hydrogen-bond acceptors (Lipinski definition) is 2. The summed E-state index contributed by atoms with van der Waals surface area (Å²) in [5, 5.41) is 3.34. The third-order valence-electron chi connectivity index (χ3n) is 2.70. The van der Waals surface area contributed by atoms with Crippen LogP contribution < -0.4 is 10.1 Å². The molecular weight excluding hydrogens is 193 g/mol. The van der Waals surface area contributed by atoms with Crippen LogP contribution in [0.25, 0.3) is 0 Å². The van der Waals surface area contributed by atoms with Gasteiger partial charge < -0.3 is 10.1 Å². The molecule has 2 nitrogen and oxygen atoms in total. The van der Waals surface area contributed by atoms with Gasteiger partial charge in [-0.05, 0) is 43.7 Å². The van der Waals surface area contributed by atoms with Gasteiger partial charge in [0.1, 0.15) is 11.6 Å². The topological polar surface area (TPSA) is 21.3 Å². The van der Waals surface area contributed by atoms with Gasteiger partial charge in [-0.2, -0.15) is 0 Å². The number of rotatable bonds is 3. The van der Waals surface area contributed by atoms with Crippen LogP contribution in [0.1, 0.15) is 12.8 Å². The van der Waals surface area contributed by atoms with E-state index in [1.807, 2.05) is 0 Å². The first-order valence-corrected chi connectivity index (χ1v) is 5.44. The van der Waals surface area contributed by atoms with Gasteiger partial charge in [-0.25, -0.2) is 4.39 Å². The zero-order chi connectivity index (χ0) is 10.5. The van der Waals surface area contributed by atoms with Crippen molar-refractivity contribution in [3.63, 3.8) is 0 Å². The van der Waals surface area contributed by atoms with E-state index in [2.05, 4.69) is 5.32 Å². The monoisotopic (exact) mass is 209 g/mol. The molecule has 1 aliphatic rings. The molecule has 0 radical (unpaired) electrons. The molecule has 0 aromatic heterocycles. The van der Waals surface area contributed by atoms with Crippen molar-refractivity contribution >= 4 is 0 Å². The lowest BCUT2D eigenvalue weighted by Gasteiger charge is -2.22. The highest BCUT2D eigenvalue weighted by Gasteiger charge is 2.13. The summed E-state index contributed by atoms with van der Waals surface area (Å²) in [6, 6.07) is 6.19. The minimum atomic E-state index is -0.221. The molecule has 0 saturated carbocycles.